The van der Waals surface area contributed by atoms with E-state index in [4.69, 9.17) is 0 Å². The minimum absolute atomic E-state index is 0.0338. The molecule has 4 nitrogen and oxygen atoms in total. The first kappa shape index (κ1) is 12.9. The molecular weight excluding hydrogens is 204 g/mol. The number of carbonyl (C=O) groups excluding carboxylic acids is 2. The quantitative estimate of drug-likeness (QED) is 0.425. The van der Waals surface area contributed by atoms with Crippen molar-refractivity contribution in [3.8, 4) is 0 Å². The zero-order valence-corrected chi connectivity index (χ0v) is 10.1. The van der Waals surface area contributed by atoms with Crippen LogP contribution in [-0.2, 0) is 9.59 Å². The average molecular weight is 224 g/mol. The zero-order chi connectivity index (χ0) is 12.0. The average Bonchev–Trinajstić information content (AvgIpc) is 2.27. The number of carbonyl (C=O) groups is 2. The molecule has 1 aliphatic heterocycles. The van der Waals surface area contributed by atoms with Gasteiger partial charge in [0.2, 0.25) is 0 Å². The van der Waals surface area contributed by atoms with Crippen LogP contribution < -0.4 is 5.32 Å². The second-order valence-electron chi connectivity index (χ2n) is 4.06. The van der Waals surface area contributed by atoms with Gasteiger partial charge in [0.25, 0.3) is 0 Å². The predicted molar refractivity (Wildman–Crippen MR) is 63.1 cm³/mol. The molecule has 0 saturated carbocycles. The van der Waals surface area contributed by atoms with Gasteiger partial charge in [-0.05, 0) is 13.3 Å². The Labute approximate surface area is 96.7 Å². The van der Waals surface area contributed by atoms with Gasteiger partial charge in [0.1, 0.15) is 0 Å². The number of hydrogen-bond donors (Lipinski definition) is 1. The molecule has 0 aromatic rings. The van der Waals surface area contributed by atoms with Crippen molar-refractivity contribution in [1.29, 1.82) is 0 Å². The highest BCUT2D eigenvalue weighted by Crippen LogP contribution is 2.07. The van der Waals surface area contributed by atoms with Crippen LogP contribution in [0.15, 0.2) is 11.8 Å². The lowest BCUT2D eigenvalue weighted by Gasteiger charge is -2.26. The minimum Gasteiger partial charge on any atom is -0.374 e. The summed E-state index contributed by atoms with van der Waals surface area (Å²) < 4.78 is 0. The highest BCUT2D eigenvalue weighted by molar-refractivity contribution is 6.19. The van der Waals surface area contributed by atoms with Crippen molar-refractivity contribution in [2.75, 3.05) is 26.2 Å². The summed E-state index contributed by atoms with van der Waals surface area (Å²) in [4.78, 5) is 25.2. The number of allylic oxidation sites excluding steroid dienone is 1. The van der Waals surface area contributed by atoms with Crippen molar-refractivity contribution in [1.82, 2.24) is 10.2 Å². The van der Waals surface area contributed by atoms with Gasteiger partial charge >= 0.3 is 0 Å². The molecular formula is C12H20N2O2. The lowest BCUT2D eigenvalue weighted by atomic mass is 10.0. The maximum Gasteiger partial charge on any atom is 0.167 e. The fourth-order valence-electron chi connectivity index (χ4n) is 1.71. The summed E-state index contributed by atoms with van der Waals surface area (Å²) in [6.45, 7) is 6.93. The van der Waals surface area contributed by atoms with Crippen LogP contribution in [0, 0.1) is 0 Å². The minimum atomic E-state index is -0.128. The van der Waals surface area contributed by atoms with E-state index in [1.54, 1.807) is 6.20 Å². The normalized spacial score (nSPS) is 17.4. The maximum absolute atomic E-state index is 11.7. The second-order valence-corrected chi connectivity index (χ2v) is 4.06. The number of ketones is 2. The highest BCUT2D eigenvalue weighted by Gasteiger charge is 2.16. The fraction of sp³-hybridized carbons (Fsp3) is 0.667. The van der Waals surface area contributed by atoms with Gasteiger partial charge in [-0.3, -0.25) is 9.59 Å². The third kappa shape index (κ3) is 3.77. The van der Waals surface area contributed by atoms with Gasteiger partial charge in [-0.25, -0.2) is 0 Å². The molecule has 0 unspecified atom stereocenters. The molecule has 4 heteroatoms. The van der Waals surface area contributed by atoms with E-state index in [0.717, 1.165) is 32.6 Å². The summed E-state index contributed by atoms with van der Waals surface area (Å²) in [5.41, 5.74) is 0.351. The third-order valence-corrected chi connectivity index (χ3v) is 2.62. The number of nitrogens with one attached hydrogen (secondary N) is 1. The van der Waals surface area contributed by atoms with Gasteiger partial charge in [-0.15, -0.1) is 0 Å². The Balaban J connectivity index is 2.71. The lowest BCUT2D eigenvalue weighted by molar-refractivity contribution is -0.120. The lowest BCUT2D eigenvalue weighted by Crippen LogP contribution is -2.41. The Morgan fingerprint density at radius 2 is 1.94 bits per heavy atom. The van der Waals surface area contributed by atoms with Crippen LogP contribution in [0.5, 0.6) is 0 Å². The molecule has 0 spiro atoms. The Hall–Kier alpha value is -1.16. The van der Waals surface area contributed by atoms with E-state index < -0.39 is 0 Å². The Morgan fingerprint density at radius 1 is 1.31 bits per heavy atom. The molecule has 0 aromatic carbocycles. The molecule has 0 aromatic heterocycles. The first-order valence-corrected chi connectivity index (χ1v) is 5.86. The summed E-state index contributed by atoms with van der Waals surface area (Å²) in [6, 6.07) is 0. The number of hydrogen-bond acceptors (Lipinski definition) is 4. The first-order valence-electron chi connectivity index (χ1n) is 5.86. The molecule has 0 aliphatic carbocycles. The Kier molecular flexibility index (Phi) is 5.19. The fourth-order valence-corrected chi connectivity index (χ4v) is 1.71. The van der Waals surface area contributed by atoms with Gasteiger partial charge < -0.3 is 10.2 Å². The van der Waals surface area contributed by atoms with E-state index in [1.807, 2.05) is 11.8 Å². The molecule has 0 atom stereocenters. The van der Waals surface area contributed by atoms with E-state index in [0.29, 0.717) is 12.0 Å². The van der Waals surface area contributed by atoms with Crippen molar-refractivity contribution in [2.45, 2.75) is 26.7 Å². The molecule has 1 N–H and O–H groups in total. The summed E-state index contributed by atoms with van der Waals surface area (Å²) in [5, 5.41) is 3.23. The topological polar surface area (TPSA) is 49.4 Å². The van der Waals surface area contributed by atoms with Crippen LogP contribution >= 0.6 is 0 Å². The molecule has 1 rings (SSSR count). The van der Waals surface area contributed by atoms with Gasteiger partial charge in [0.15, 0.2) is 11.6 Å². The summed E-state index contributed by atoms with van der Waals surface area (Å²) in [7, 11) is 0. The van der Waals surface area contributed by atoms with E-state index >= 15 is 0 Å². The van der Waals surface area contributed by atoms with Crippen LogP contribution in [-0.4, -0.2) is 42.6 Å². The maximum atomic E-state index is 11.7. The predicted octanol–water partition coefficient (Wildman–Crippen LogP) is 0.734. The van der Waals surface area contributed by atoms with E-state index in [-0.39, 0.29) is 11.6 Å². The molecule has 0 amide bonds. The second kappa shape index (κ2) is 6.43. The molecule has 1 fully saturated rings. The van der Waals surface area contributed by atoms with Crippen LogP contribution in [0.1, 0.15) is 26.7 Å². The van der Waals surface area contributed by atoms with E-state index in [1.165, 1.54) is 6.92 Å². The number of Topliss-reactive ketones (excluding diaryl/α,β-unsaturated/α-hetero) is 2. The standard InChI is InChI=1S/C12H20N2O2/c1-3-4-12(16)11(10(2)15)9-14-7-5-13-6-8-14/h9,13H,3-8H2,1-2H3/b11-9+. The van der Waals surface area contributed by atoms with Crippen molar-refractivity contribution in [3.63, 3.8) is 0 Å². The van der Waals surface area contributed by atoms with Crippen LogP contribution in [0.2, 0.25) is 0 Å². The van der Waals surface area contributed by atoms with E-state index in [2.05, 4.69) is 5.32 Å². The van der Waals surface area contributed by atoms with Crippen LogP contribution in [0.3, 0.4) is 0 Å². The number of piperazine rings is 1. The van der Waals surface area contributed by atoms with Crippen molar-refractivity contribution in [3.05, 3.63) is 11.8 Å². The van der Waals surface area contributed by atoms with Crippen molar-refractivity contribution >= 4 is 11.6 Å². The van der Waals surface area contributed by atoms with Crippen LogP contribution in [0.4, 0.5) is 0 Å². The largest absolute Gasteiger partial charge is 0.374 e. The van der Waals surface area contributed by atoms with Crippen molar-refractivity contribution < 1.29 is 9.59 Å². The monoisotopic (exact) mass is 224 g/mol. The number of nitrogens with zero attached hydrogens (tertiary/aromatic N) is 1. The first-order chi connectivity index (χ1) is 7.65. The van der Waals surface area contributed by atoms with Gasteiger partial charge in [-0.1, -0.05) is 6.92 Å². The molecule has 1 aliphatic rings. The van der Waals surface area contributed by atoms with Gasteiger partial charge in [0.05, 0.1) is 5.57 Å². The summed E-state index contributed by atoms with van der Waals surface area (Å²) in [5.74, 6) is -0.162. The molecule has 16 heavy (non-hydrogen) atoms. The molecule has 1 heterocycles. The molecule has 90 valence electrons. The molecule has 0 bridgehead atoms. The SMILES string of the molecule is CCCC(=O)/C(=C/N1CCNCC1)C(C)=O. The Morgan fingerprint density at radius 3 is 2.44 bits per heavy atom. The van der Waals surface area contributed by atoms with Gasteiger partial charge in [-0.2, -0.15) is 0 Å². The molecule has 1 saturated heterocycles. The highest BCUT2D eigenvalue weighted by atomic mass is 16.1. The van der Waals surface area contributed by atoms with Gasteiger partial charge in [0, 0.05) is 38.8 Å². The van der Waals surface area contributed by atoms with Crippen LogP contribution in [0.25, 0.3) is 0 Å². The number of rotatable bonds is 5. The summed E-state index contributed by atoms with van der Waals surface area (Å²) in [6.07, 6.45) is 2.98. The summed E-state index contributed by atoms with van der Waals surface area (Å²) >= 11 is 0. The Bertz CT molecular complexity index is 291. The van der Waals surface area contributed by atoms with Crippen molar-refractivity contribution in [2.24, 2.45) is 0 Å². The molecule has 0 radical (unpaired) electrons. The smallest absolute Gasteiger partial charge is 0.167 e. The third-order valence-electron chi connectivity index (χ3n) is 2.62. The zero-order valence-electron chi connectivity index (χ0n) is 10.1. The van der Waals surface area contributed by atoms with E-state index in [9.17, 15) is 9.59 Å².